The fraction of sp³-hybridized carbons (Fsp3) is 0.292. The van der Waals surface area contributed by atoms with E-state index in [9.17, 15) is 0 Å². The Hall–Kier alpha value is -2.47. The molecule has 0 atom stereocenters. The van der Waals surface area contributed by atoms with Crippen LogP contribution in [0.3, 0.4) is 0 Å². The van der Waals surface area contributed by atoms with Gasteiger partial charge < -0.3 is 10.3 Å². The Morgan fingerprint density at radius 2 is 1.86 bits per heavy atom. The van der Waals surface area contributed by atoms with E-state index < -0.39 is 0 Å². The molecular weight excluding hydrogens is 376 g/mol. The van der Waals surface area contributed by atoms with E-state index in [1.54, 1.807) is 11.3 Å². The Kier molecular flexibility index (Phi) is 5.43. The number of nitrogens with zero attached hydrogens (tertiary/aromatic N) is 2. The molecule has 2 aromatic heterocycles. The highest BCUT2D eigenvalue weighted by Gasteiger charge is 2.13. The van der Waals surface area contributed by atoms with E-state index in [1.807, 2.05) is 6.07 Å². The first-order chi connectivity index (χ1) is 14.3. The van der Waals surface area contributed by atoms with Crippen molar-refractivity contribution in [3.8, 4) is 11.3 Å². The molecule has 0 unspecified atom stereocenters. The van der Waals surface area contributed by atoms with E-state index in [0.717, 1.165) is 30.3 Å². The largest absolute Gasteiger partial charge is 0.357 e. The van der Waals surface area contributed by atoms with Crippen molar-refractivity contribution in [2.45, 2.75) is 32.5 Å². The summed E-state index contributed by atoms with van der Waals surface area (Å²) in [6.07, 6.45) is 2.67. The number of benzene rings is 2. The number of aromatic nitrogens is 2. The first-order valence-electron chi connectivity index (χ1n) is 10.4. The fourth-order valence-corrected chi connectivity index (χ4v) is 4.84. The van der Waals surface area contributed by atoms with Gasteiger partial charge in [0.25, 0.3) is 0 Å². The lowest BCUT2D eigenvalue weighted by Crippen LogP contribution is -2.18. The molecule has 4 nitrogen and oxygen atoms in total. The molecule has 3 heterocycles. The number of fused-ring (bicyclic) bond motifs is 1. The van der Waals surface area contributed by atoms with Gasteiger partial charge in [0, 0.05) is 47.2 Å². The zero-order chi connectivity index (χ0) is 19.5. The molecule has 5 heteroatoms. The van der Waals surface area contributed by atoms with Gasteiger partial charge in [-0.25, -0.2) is 4.98 Å². The summed E-state index contributed by atoms with van der Waals surface area (Å²) in [5.74, 6) is 0. The lowest BCUT2D eigenvalue weighted by atomic mass is 10.1. The molecule has 1 fully saturated rings. The third-order valence-corrected chi connectivity index (χ3v) is 6.41. The molecule has 0 aliphatic carbocycles. The summed E-state index contributed by atoms with van der Waals surface area (Å²) in [7, 11) is 0. The smallest absolute Gasteiger partial charge is 0.107 e. The summed E-state index contributed by atoms with van der Waals surface area (Å²) in [5, 5.41) is 8.11. The third-order valence-electron chi connectivity index (χ3n) is 5.56. The van der Waals surface area contributed by atoms with Crippen LogP contribution in [0.5, 0.6) is 0 Å². The minimum Gasteiger partial charge on any atom is -0.357 e. The van der Waals surface area contributed by atoms with Crippen LogP contribution in [0.2, 0.25) is 0 Å². The van der Waals surface area contributed by atoms with E-state index in [-0.39, 0.29) is 0 Å². The first kappa shape index (κ1) is 18.6. The second-order valence-corrected chi connectivity index (χ2v) is 8.74. The number of rotatable bonds is 7. The molecule has 0 amide bonds. The molecule has 29 heavy (non-hydrogen) atoms. The molecule has 0 saturated carbocycles. The zero-order valence-electron chi connectivity index (χ0n) is 16.5. The Balaban J connectivity index is 1.19. The average Bonchev–Trinajstić information content (AvgIpc) is 3.49. The summed E-state index contributed by atoms with van der Waals surface area (Å²) in [6, 6.07) is 19.4. The minimum absolute atomic E-state index is 0.795. The topological polar surface area (TPSA) is 44.0 Å². The average molecular weight is 403 g/mol. The highest BCUT2D eigenvalue weighted by Crippen LogP contribution is 2.22. The second kappa shape index (κ2) is 8.49. The van der Waals surface area contributed by atoms with Crippen molar-refractivity contribution in [3.05, 3.63) is 76.2 Å². The molecule has 148 valence electrons. The van der Waals surface area contributed by atoms with Crippen molar-refractivity contribution in [2.24, 2.45) is 0 Å². The molecule has 2 aromatic carbocycles. The van der Waals surface area contributed by atoms with Crippen LogP contribution in [-0.2, 0) is 19.6 Å². The van der Waals surface area contributed by atoms with Gasteiger partial charge in [-0.05, 0) is 49.7 Å². The van der Waals surface area contributed by atoms with Crippen LogP contribution in [0.4, 0.5) is 0 Å². The third kappa shape index (κ3) is 4.42. The maximum Gasteiger partial charge on any atom is 0.107 e. The quantitative estimate of drug-likeness (QED) is 0.448. The van der Waals surface area contributed by atoms with Crippen LogP contribution in [0.15, 0.2) is 60.0 Å². The van der Waals surface area contributed by atoms with Gasteiger partial charge in [0.1, 0.15) is 5.01 Å². The summed E-state index contributed by atoms with van der Waals surface area (Å²) in [6.45, 7) is 5.14. The summed E-state index contributed by atoms with van der Waals surface area (Å²) < 4.78 is 0. The van der Waals surface area contributed by atoms with Crippen molar-refractivity contribution in [3.63, 3.8) is 0 Å². The summed E-state index contributed by atoms with van der Waals surface area (Å²) in [5.41, 5.74) is 6.10. The number of hydrogen-bond donors (Lipinski definition) is 2. The van der Waals surface area contributed by atoms with Gasteiger partial charge in [0.15, 0.2) is 0 Å². The second-order valence-electron chi connectivity index (χ2n) is 7.80. The van der Waals surface area contributed by atoms with Crippen LogP contribution in [-0.4, -0.2) is 28.0 Å². The van der Waals surface area contributed by atoms with Crippen LogP contribution >= 0.6 is 11.3 Å². The Labute approximate surface area is 175 Å². The van der Waals surface area contributed by atoms with Gasteiger partial charge in [0.2, 0.25) is 0 Å². The number of thiazole rings is 1. The number of hydrogen-bond acceptors (Lipinski definition) is 4. The van der Waals surface area contributed by atoms with E-state index >= 15 is 0 Å². The van der Waals surface area contributed by atoms with Gasteiger partial charge in [-0.2, -0.15) is 0 Å². The Morgan fingerprint density at radius 3 is 2.72 bits per heavy atom. The molecule has 1 aliphatic heterocycles. The van der Waals surface area contributed by atoms with Crippen molar-refractivity contribution < 1.29 is 0 Å². The van der Waals surface area contributed by atoms with E-state index in [2.05, 4.69) is 69.1 Å². The lowest BCUT2D eigenvalue weighted by molar-refractivity contribution is 0.328. The predicted octanol–water partition coefficient (Wildman–Crippen LogP) is 5.18. The van der Waals surface area contributed by atoms with Crippen molar-refractivity contribution in [1.29, 1.82) is 0 Å². The van der Waals surface area contributed by atoms with E-state index in [4.69, 9.17) is 4.98 Å². The van der Waals surface area contributed by atoms with Gasteiger partial charge in [0.05, 0.1) is 5.69 Å². The number of likely N-dealkylation sites (tertiary alicyclic amines) is 1. The summed E-state index contributed by atoms with van der Waals surface area (Å²) >= 11 is 1.72. The number of aromatic amines is 1. The van der Waals surface area contributed by atoms with Crippen LogP contribution in [0.1, 0.15) is 29.1 Å². The molecule has 1 saturated heterocycles. The molecular formula is C24H26N4S. The normalized spacial score (nSPS) is 14.8. The van der Waals surface area contributed by atoms with E-state index in [0.29, 0.717) is 0 Å². The lowest BCUT2D eigenvalue weighted by Gasteiger charge is -2.12. The highest BCUT2D eigenvalue weighted by atomic mass is 32.1. The minimum atomic E-state index is 0.795. The molecule has 0 bridgehead atoms. The van der Waals surface area contributed by atoms with Gasteiger partial charge in [-0.15, -0.1) is 11.3 Å². The molecule has 1 aliphatic rings. The monoisotopic (exact) mass is 402 g/mol. The molecule has 2 N–H and O–H groups in total. The zero-order valence-corrected chi connectivity index (χ0v) is 17.3. The number of nitrogens with one attached hydrogen (secondary N) is 2. The summed E-state index contributed by atoms with van der Waals surface area (Å²) in [4.78, 5) is 10.9. The molecule has 4 aromatic rings. The Morgan fingerprint density at radius 1 is 1.00 bits per heavy atom. The van der Waals surface area contributed by atoms with Crippen molar-refractivity contribution in [1.82, 2.24) is 20.2 Å². The van der Waals surface area contributed by atoms with Crippen molar-refractivity contribution in [2.75, 3.05) is 13.1 Å². The van der Waals surface area contributed by atoms with Gasteiger partial charge in [-0.3, -0.25) is 4.90 Å². The maximum atomic E-state index is 4.76. The first-order valence-corrected chi connectivity index (χ1v) is 11.2. The fourth-order valence-electron chi connectivity index (χ4n) is 4.07. The Bertz CT molecular complexity index is 1080. The van der Waals surface area contributed by atoms with Gasteiger partial charge >= 0.3 is 0 Å². The standard InChI is InChI=1S/C24H26N4S/c1-2-6-19(7-3-1)23-17-29-24(27-23)15-25-14-18-8-9-22-20(12-18)13-21(26-22)16-28-10-4-5-11-28/h1-3,6-9,12-13,17,25-26H,4-5,10-11,14-16H2. The van der Waals surface area contributed by atoms with E-state index in [1.165, 1.54) is 53.7 Å². The molecule has 0 radical (unpaired) electrons. The molecule has 0 spiro atoms. The number of H-pyrrole nitrogens is 1. The predicted molar refractivity (Wildman–Crippen MR) is 121 cm³/mol. The van der Waals surface area contributed by atoms with Crippen molar-refractivity contribution >= 4 is 22.2 Å². The SMILES string of the molecule is c1ccc(-c2csc(CNCc3ccc4[nH]c(CN5CCCC5)cc4c3)n2)cc1. The highest BCUT2D eigenvalue weighted by molar-refractivity contribution is 7.09. The van der Waals surface area contributed by atoms with Crippen LogP contribution in [0.25, 0.3) is 22.2 Å². The molecule has 5 rings (SSSR count). The van der Waals surface area contributed by atoms with Crippen LogP contribution < -0.4 is 5.32 Å². The van der Waals surface area contributed by atoms with Gasteiger partial charge in [-0.1, -0.05) is 36.4 Å². The maximum absolute atomic E-state index is 4.76. The van der Waals surface area contributed by atoms with Crippen LogP contribution in [0, 0.1) is 0 Å².